The first kappa shape index (κ1) is 21.5. The second-order valence-corrected chi connectivity index (χ2v) is 7.87. The minimum absolute atomic E-state index is 0.0664. The molecule has 4 rings (SSSR count). The fraction of sp³-hybridized carbons (Fsp3) is 0.333. The van der Waals surface area contributed by atoms with Gasteiger partial charge in [0.1, 0.15) is 11.4 Å². The molecule has 8 nitrogen and oxygen atoms in total. The number of hydrogen-bond donors (Lipinski definition) is 0. The van der Waals surface area contributed by atoms with Crippen molar-refractivity contribution in [3.8, 4) is 5.75 Å². The van der Waals surface area contributed by atoms with Gasteiger partial charge in [0, 0.05) is 31.3 Å². The van der Waals surface area contributed by atoms with Crippen LogP contribution in [0.2, 0.25) is 0 Å². The van der Waals surface area contributed by atoms with E-state index in [4.69, 9.17) is 4.74 Å². The Balaban J connectivity index is 1.75. The topological polar surface area (TPSA) is 93.0 Å². The highest BCUT2D eigenvalue weighted by atomic mass is 16.6. The molecular weight excluding hydrogens is 410 g/mol. The number of nitrogens with zero attached hydrogens (tertiary/aromatic N) is 3. The maximum absolute atomic E-state index is 13.6. The Morgan fingerprint density at radius 1 is 1.00 bits per heavy atom. The molecule has 0 saturated carbocycles. The molecule has 0 spiro atoms. The zero-order chi connectivity index (χ0) is 22.7. The first-order valence-electron chi connectivity index (χ1n) is 10.9. The Kier molecular flexibility index (Phi) is 6.20. The van der Waals surface area contributed by atoms with Crippen LogP contribution in [-0.2, 0) is 9.59 Å². The number of ether oxygens (including phenoxy) is 1. The van der Waals surface area contributed by atoms with Crippen LogP contribution in [0.3, 0.4) is 0 Å². The van der Waals surface area contributed by atoms with Crippen molar-refractivity contribution in [1.29, 1.82) is 0 Å². The number of nitro benzene ring substituents is 1. The highest BCUT2D eigenvalue weighted by Crippen LogP contribution is 2.37. The summed E-state index contributed by atoms with van der Waals surface area (Å²) in [5.41, 5.74) is 1.52. The number of benzene rings is 2. The smallest absolute Gasteiger partial charge is 0.282 e. The van der Waals surface area contributed by atoms with E-state index in [1.54, 1.807) is 24.3 Å². The van der Waals surface area contributed by atoms with Gasteiger partial charge in [0.15, 0.2) is 0 Å². The minimum Gasteiger partial charge on any atom is -0.494 e. The first-order chi connectivity index (χ1) is 15.5. The molecule has 0 bridgehead atoms. The average molecular weight is 435 g/mol. The van der Waals surface area contributed by atoms with Crippen LogP contribution in [0.5, 0.6) is 5.75 Å². The molecule has 0 atom stereocenters. The molecule has 2 amide bonds. The lowest BCUT2D eigenvalue weighted by Crippen LogP contribution is -2.37. The van der Waals surface area contributed by atoms with Crippen LogP contribution in [-0.4, -0.2) is 41.3 Å². The molecule has 2 heterocycles. The molecule has 166 valence electrons. The van der Waals surface area contributed by atoms with Crippen molar-refractivity contribution in [1.82, 2.24) is 4.90 Å². The van der Waals surface area contributed by atoms with Crippen LogP contribution in [0.25, 0.3) is 5.57 Å². The van der Waals surface area contributed by atoms with Crippen molar-refractivity contribution in [3.63, 3.8) is 0 Å². The number of likely N-dealkylation sites (tertiary alicyclic amines) is 1. The predicted octanol–water partition coefficient (Wildman–Crippen LogP) is 4.15. The summed E-state index contributed by atoms with van der Waals surface area (Å²) < 4.78 is 5.68. The van der Waals surface area contributed by atoms with Crippen LogP contribution >= 0.6 is 0 Å². The molecule has 0 N–H and O–H groups in total. The molecular formula is C24H25N3O5. The Morgan fingerprint density at radius 3 is 2.38 bits per heavy atom. The number of nitro groups is 1. The van der Waals surface area contributed by atoms with Gasteiger partial charge in [-0.25, -0.2) is 4.90 Å². The lowest BCUT2D eigenvalue weighted by molar-refractivity contribution is -0.384. The maximum atomic E-state index is 13.6. The first-order valence-corrected chi connectivity index (χ1v) is 10.9. The number of amides is 2. The third-order valence-corrected chi connectivity index (χ3v) is 5.65. The second kappa shape index (κ2) is 9.21. The number of carbonyl (C=O) groups excluding carboxylic acids is 2. The Bertz CT molecular complexity index is 1070. The Morgan fingerprint density at radius 2 is 1.72 bits per heavy atom. The van der Waals surface area contributed by atoms with Crippen molar-refractivity contribution in [2.45, 2.75) is 32.6 Å². The summed E-state index contributed by atoms with van der Waals surface area (Å²) in [7, 11) is 0. The van der Waals surface area contributed by atoms with Crippen LogP contribution in [0.1, 0.15) is 38.2 Å². The van der Waals surface area contributed by atoms with E-state index in [0.29, 0.717) is 42.4 Å². The number of piperidine rings is 1. The van der Waals surface area contributed by atoms with Crippen molar-refractivity contribution in [3.05, 3.63) is 69.9 Å². The van der Waals surface area contributed by atoms with Crippen LogP contribution in [0, 0.1) is 10.1 Å². The lowest BCUT2D eigenvalue weighted by Gasteiger charge is -2.29. The fourth-order valence-electron chi connectivity index (χ4n) is 4.11. The van der Waals surface area contributed by atoms with Crippen LogP contribution < -0.4 is 9.64 Å². The zero-order valence-corrected chi connectivity index (χ0v) is 18.0. The summed E-state index contributed by atoms with van der Waals surface area (Å²) >= 11 is 0. The van der Waals surface area contributed by atoms with Gasteiger partial charge in [-0.05, 0) is 55.5 Å². The van der Waals surface area contributed by atoms with E-state index in [2.05, 4.69) is 0 Å². The normalized spacial score (nSPS) is 16.7. The fourth-order valence-corrected chi connectivity index (χ4v) is 4.11. The largest absolute Gasteiger partial charge is 0.494 e. The molecule has 1 saturated heterocycles. The number of hydrogen-bond acceptors (Lipinski definition) is 6. The van der Waals surface area contributed by atoms with Crippen LogP contribution in [0.4, 0.5) is 11.4 Å². The zero-order valence-electron chi connectivity index (χ0n) is 18.0. The highest BCUT2D eigenvalue weighted by molar-refractivity contribution is 6.45. The molecule has 0 aliphatic carbocycles. The van der Waals surface area contributed by atoms with E-state index in [0.717, 1.165) is 25.7 Å². The molecule has 0 unspecified atom stereocenters. The molecule has 2 aliphatic rings. The van der Waals surface area contributed by atoms with Gasteiger partial charge in [0.05, 0.1) is 22.8 Å². The molecule has 0 radical (unpaired) electrons. The summed E-state index contributed by atoms with van der Waals surface area (Å²) in [5.74, 6) is -0.219. The van der Waals surface area contributed by atoms with Gasteiger partial charge in [-0.15, -0.1) is 0 Å². The van der Waals surface area contributed by atoms with Gasteiger partial charge >= 0.3 is 0 Å². The molecule has 2 aromatic carbocycles. The van der Waals surface area contributed by atoms with Crippen molar-refractivity contribution in [2.75, 3.05) is 24.6 Å². The number of rotatable bonds is 7. The van der Waals surface area contributed by atoms with Gasteiger partial charge in [-0.1, -0.05) is 13.0 Å². The van der Waals surface area contributed by atoms with Gasteiger partial charge in [0.2, 0.25) is 0 Å². The van der Waals surface area contributed by atoms with Crippen molar-refractivity contribution in [2.24, 2.45) is 0 Å². The second-order valence-electron chi connectivity index (χ2n) is 7.87. The van der Waals surface area contributed by atoms with Gasteiger partial charge in [0.25, 0.3) is 17.5 Å². The number of anilines is 1. The Hall–Kier alpha value is -3.68. The molecule has 32 heavy (non-hydrogen) atoms. The van der Waals surface area contributed by atoms with Crippen LogP contribution in [0.15, 0.2) is 54.2 Å². The maximum Gasteiger partial charge on any atom is 0.282 e. The van der Waals surface area contributed by atoms with Gasteiger partial charge < -0.3 is 9.64 Å². The number of non-ortho nitro benzene ring substituents is 1. The van der Waals surface area contributed by atoms with Crippen molar-refractivity contribution < 1.29 is 19.2 Å². The van der Waals surface area contributed by atoms with E-state index in [1.807, 2.05) is 11.8 Å². The standard InChI is InChI=1S/C24H25N3O5/c1-2-15-32-20-8-6-7-19(16-20)26-23(28)21(17-9-11-18(12-10-17)27(30)31)22(24(26)29)25-13-4-3-5-14-25/h6-12,16H,2-5,13-15H2,1H3. The average Bonchev–Trinajstić information content (AvgIpc) is 3.08. The molecule has 1 fully saturated rings. The summed E-state index contributed by atoms with van der Waals surface area (Å²) in [5, 5.41) is 11.0. The van der Waals surface area contributed by atoms with Crippen molar-refractivity contribution >= 4 is 28.8 Å². The summed E-state index contributed by atoms with van der Waals surface area (Å²) in [6.45, 7) is 3.93. The predicted molar refractivity (Wildman–Crippen MR) is 120 cm³/mol. The molecule has 2 aliphatic heterocycles. The van der Waals surface area contributed by atoms with E-state index >= 15 is 0 Å². The van der Waals surface area contributed by atoms with E-state index < -0.39 is 10.8 Å². The molecule has 0 aromatic heterocycles. The highest BCUT2D eigenvalue weighted by Gasteiger charge is 2.42. The molecule has 2 aromatic rings. The van der Waals surface area contributed by atoms with Gasteiger partial charge in [-0.3, -0.25) is 19.7 Å². The minimum atomic E-state index is -0.487. The molecule has 8 heteroatoms. The van der Waals surface area contributed by atoms with E-state index in [1.165, 1.54) is 29.2 Å². The Labute approximate surface area is 186 Å². The quantitative estimate of drug-likeness (QED) is 0.368. The number of carbonyl (C=O) groups is 2. The third-order valence-electron chi connectivity index (χ3n) is 5.65. The van der Waals surface area contributed by atoms with E-state index in [-0.39, 0.29) is 17.2 Å². The summed E-state index contributed by atoms with van der Waals surface area (Å²) in [6, 6.07) is 12.7. The number of imide groups is 1. The monoisotopic (exact) mass is 435 g/mol. The lowest BCUT2D eigenvalue weighted by atomic mass is 10.0. The third kappa shape index (κ3) is 4.08. The SMILES string of the molecule is CCCOc1cccc(N2C(=O)C(c3ccc([N+](=O)[O-])cc3)=C(N3CCCCC3)C2=O)c1. The van der Waals surface area contributed by atoms with E-state index in [9.17, 15) is 19.7 Å². The summed E-state index contributed by atoms with van der Waals surface area (Å²) in [6.07, 6.45) is 3.81. The van der Waals surface area contributed by atoms with Gasteiger partial charge in [-0.2, -0.15) is 0 Å². The summed E-state index contributed by atoms with van der Waals surface area (Å²) in [4.78, 5) is 40.8.